The van der Waals surface area contributed by atoms with Gasteiger partial charge in [-0.1, -0.05) is 35.9 Å². The topological polar surface area (TPSA) is 58.6 Å². The Hall–Kier alpha value is -2.53. The van der Waals surface area contributed by atoms with Crippen molar-refractivity contribution >= 4 is 23.4 Å². The second kappa shape index (κ2) is 9.97. The summed E-state index contributed by atoms with van der Waals surface area (Å²) in [5.41, 5.74) is 1.74. The van der Waals surface area contributed by atoms with Crippen molar-refractivity contribution in [3.05, 3.63) is 64.7 Å². The zero-order valence-electron chi connectivity index (χ0n) is 15.9. The van der Waals surface area contributed by atoms with E-state index in [-0.39, 0.29) is 18.2 Å². The first-order valence-electron chi connectivity index (χ1n) is 8.89. The number of halogens is 1. The van der Waals surface area contributed by atoms with Crippen LogP contribution in [0.15, 0.2) is 48.5 Å². The maximum absolute atomic E-state index is 13.0. The molecule has 2 aromatic rings. The molecule has 5 nitrogen and oxygen atoms in total. The van der Waals surface area contributed by atoms with Crippen molar-refractivity contribution in [3.8, 4) is 5.75 Å². The molecule has 1 N–H and O–H groups in total. The van der Waals surface area contributed by atoms with Gasteiger partial charge < -0.3 is 15.0 Å². The van der Waals surface area contributed by atoms with Crippen molar-refractivity contribution in [1.29, 1.82) is 0 Å². The predicted molar refractivity (Wildman–Crippen MR) is 107 cm³/mol. The van der Waals surface area contributed by atoms with E-state index in [1.165, 1.54) is 0 Å². The molecule has 0 spiro atoms. The summed E-state index contributed by atoms with van der Waals surface area (Å²) < 4.78 is 5.17. The zero-order valence-corrected chi connectivity index (χ0v) is 16.6. The number of nitrogens with one attached hydrogen (secondary N) is 1. The Morgan fingerprint density at radius 3 is 2.44 bits per heavy atom. The number of benzene rings is 2. The number of methoxy groups -OCH3 is 1. The van der Waals surface area contributed by atoms with E-state index in [1.807, 2.05) is 43.3 Å². The number of hydrogen-bond donors (Lipinski definition) is 1. The van der Waals surface area contributed by atoms with Crippen molar-refractivity contribution in [1.82, 2.24) is 10.2 Å². The molecule has 2 rings (SSSR count). The summed E-state index contributed by atoms with van der Waals surface area (Å²) in [5, 5.41) is 3.37. The minimum absolute atomic E-state index is 0.133. The normalized spacial score (nSPS) is 11.6. The average Bonchev–Trinajstić information content (AvgIpc) is 2.66. The molecule has 0 aromatic heterocycles. The van der Waals surface area contributed by atoms with Crippen LogP contribution in [0.4, 0.5) is 0 Å². The molecule has 0 fully saturated rings. The number of ether oxygens (including phenoxy) is 1. The molecule has 2 aromatic carbocycles. The van der Waals surface area contributed by atoms with Gasteiger partial charge >= 0.3 is 0 Å². The first kappa shape index (κ1) is 20.8. The van der Waals surface area contributed by atoms with Gasteiger partial charge in [-0.2, -0.15) is 0 Å². The van der Waals surface area contributed by atoms with Crippen LogP contribution in [0.3, 0.4) is 0 Å². The number of amides is 2. The highest BCUT2D eigenvalue weighted by atomic mass is 35.5. The SMILES string of the molecule is CCNC(=O)[C@H](C)N(Cc1ccc(OC)cc1)C(=O)Cc1cccc(Cl)c1. The van der Waals surface area contributed by atoms with Gasteiger partial charge in [-0.05, 0) is 49.2 Å². The van der Waals surface area contributed by atoms with Crippen molar-refractivity contribution < 1.29 is 14.3 Å². The lowest BCUT2D eigenvalue weighted by Crippen LogP contribution is -2.48. The third-order valence-corrected chi connectivity index (χ3v) is 4.51. The van der Waals surface area contributed by atoms with Crippen LogP contribution in [-0.4, -0.2) is 36.4 Å². The molecule has 144 valence electrons. The van der Waals surface area contributed by atoms with E-state index >= 15 is 0 Å². The average molecular weight is 389 g/mol. The van der Waals surface area contributed by atoms with Gasteiger partial charge in [0.15, 0.2) is 0 Å². The van der Waals surface area contributed by atoms with Gasteiger partial charge in [0.2, 0.25) is 11.8 Å². The summed E-state index contributed by atoms with van der Waals surface area (Å²) in [6.07, 6.45) is 0.181. The first-order chi connectivity index (χ1) is 12.9. The molecule has 2 amide bonds. The standard InChI is InChI=1S/C21H25ClN2O3/c1-4-23-21(26)15(2)24(14-16-8-10-19(27-3)11-9-16)20(25)13-17-6-5-7-18(22)12-17/h5-12,15H,4,13-14H2,1-3H3,(H,23,26)/t15-/m0/s1. The molecule has 0 unspecified atom stereocenters. The highest BCUT2D eigenvalue weighted by Gasteiger charge is 2.25. The molecule has 0 saturated heterocycles. The third-order valence-electron chi connectivity index (χ3n) is 4.27. The van der Waals surface area contributed by atoms with Crippen LogP contribution >= 0.6 is 11.6 Å². The third kappa shape index (κ3) is 6.00. The molecule has 0 aliphatic heterocycles. The zero-order chi connectivity index (χ0) is 19.8. The number of rotatable bonds is 8. The van der Waals surface area contributed by atoms with Gasteiger partial charge in [-0.15, -0.1) is 0 Å². The largest absolute Gasteiger partial charge is 0.497 e. The Labute approximate surface area is 165 Å². The fourth-order valence-corrected chi connectivity index (χ4v) is 2.97. The summed E-state index contributed by atoms with van der Waals surface area (Å²) in [7, 11) is 1.60. The molecule has 27 heavy (non-hydrogen) atoms. The number of hydrogen-bond acceptors (Lipinski definition) is 3. The number of likely N-dealkylation sites (N-methyl/N-ethyl adjacent to an activating group) is 1. The van der Waals surface area contributed by atoms with Crippen LogP contribution in [0.2, 0.25) is 5.02 Å². The van der Waals surface area contributed by atoms with Crippen LogP contribution in [0.25, 0.3) is 0 Å². The molecule has 0 bridgehead atoms. The van der Waals surface area contributed by atoms with E-state index in [0.29, 0.717) is 18.1 Å². The Morgan fingerprint density at radius 1 is 1.15 bits per heavy atom. The Bertz CT molecular complexity index is 777. The van der Waals surface area contributed by atoms with E-state index < -0.39 is 6.04 Å². The quantitative estimate of drug-likeness (QED) is 0.753. The highest BCUT2D eigenvalue weighted by molar-refractivity contribution is 6.30. The van der Waals surface area contributed by atoms with E-state index in [2.05, 4.69) is 5.32 Å². The second-order valence-corrected chi connectivity index (χ2v) is 6.68. The molecule has 0 radical (unpaired) electrons. The maximum atomic E-state index is 13.0. The summed E-state index contributed by atoms with van der Waals surface area (Å²) in [4.78, 5) is 26.9. The Morgan fingerprint density at radius 2 is 1.85 bits per heavy atom. The Balaban J connectivity index is 2.21. The van der Waals surface area contributed by atoms with Crippen molar-refractivity contribution in [2.45, 2.75) is 32.9 Å². The molecule has 0 saturated carbocycles. The van der Waals surface area contributed by atoms with Crippen LogP contribution in [0.5, 0.6) is 5.75 Å². The Kier molecular flexibility index (Phi) is 7.67. The fourth-order valence-electron chi connectivity index (χ4n) is 2.76. The first-order valence-corrected chi connectivity index (χ1v) is 9.27. The lowest BCUT2D eigenvalue weighted by Gasteiger charge is -2.29. The van der Waals surface area contributed by atoms with E-state index in [0.717, 1.165) is 16.9 Å². The van der Waals surface area contributed by atoms with Crippen molar-refractivity contribution in [3.63, 3.8) is 0 Å². The lowest BCUT2D eigenvalue weighted by atomic mass is 10.1. The fraction of sp³-hybridized carbons (Fsp3) is 0.333. The molecule has 0 aliphatic carbocycles. The van der Waals surface area contributed by atoms with Gasteiger partial charge in [0.05, 0.1) is 13.5 Å². The molecular formula is C21H25ClN2O3. The van der Waals surface area contributed by atoms with Crippen molar-refractivity contribution in [2.75, 3.05) is 13.7 Å². The summed E-state index contributed by atoms with van der Waals surface area (Å²) in [6.45, 7) is 4.44. The van der Waals surface area contributed by atoms with Gasteiger partial charge in [0, 0.05) is 18.1 Å². The van der Waals surface area contributed by atoms with Crippen LogP contribution in [-0.2, 0) is 22.6 Å². The monoisotopic (exact) mass is 388 g/mol. The van der Waals surface area contributed by atoms with E-state index in [1.54, 1.807) is 31.1 Å². The predicted octanol–water partition coefficient (Wildman–Crippen LogP) is 3.44. The van der Waals surface area contributed by atoms with Gasteiger partial charge in [-0.25, -0.2) is 0 Å². The van der Waals surface area contributed by atoms with Gasteiger partial charge in [0.25, 0.3) is 0 Å². The second-order valence-electron chi connectivity index (χ2n) is 6.25. The summed E-state index contributed by atoms with van der Waals surface area (Å²) in [5.74, 6) is 0.435. The number of carbonyl (C=O) groups is 2. The highest BCUT2D eigenvalue weighted by Crippen LogP contribution is 2.17. The summed E-state index contributed by atoms with van der Waals surface area (Å²) in [6, 6.07) is 14.1. The molecule has 1 atom stereocenters. The van der Waals surface area contributed by atoms with Crippen LogP contribution in [0.1, 0.15) is 25.0 Å². The summed E-state index contributed by atoms with van der Waals surface area (Å²) >= 11 is 6.02. The van der Waals surface area contributed by atoms with Crippen LogP contribution in [0, 0.1) is 0 Å². The number of carbonyl (C=O) groups excluding carboxylic acids is 2. The smallest absolute Gasteiger partial charge is 0.242 e. The minimum atomic E-state index is -0.585. The molecule has 6 heteroatoms. The molecule has 0 heterocycles. The van der Waals surface area contributed by atoms with E-state index in [9.17, 15) is 9.59 Å². The molecule has 0 aliphatic rings. The molecular weight excluding hydrogens is 364 g/mol. The van der Waals surface area contributed by atoms with E-state index in [4.69, 9.17) is 16.3 Å². The van der Waals surface area contributed by atoms with Crippen molar-refractivity contribution in [2.24, 2.45) is 0 Å². The lowest BCUT2D eigenvalue weighted by molar-refractivity contribution is -0.140. The van der Waals surface area contributed by atoms with Gasteiger partial charge in [0.1, 0.15) is 11.8 Å². The minimum Gasteiger partial charge on any atom is -0.497 e. The van der Waals surface area contributed by atoms with Gasteiger partial charge in [-0.3, -0.25) is 9.59 Å². The maximum Gasteiger partial charge on any atom is 0.242 e. The number of nitrogens with zero attached hydrogens (tertiary/aromatic N) is 1. The van der Waals surface area contributed by atoms with Crippen LogP contribution < -0.4 is 10.1 Å².